The van der Waals surface area contributed by atoms with Crippen LogP contribution in [-0.4, -0.2) is 42.9 Å². The van der Waals surface area contributed by atoms with Gasteiger partial charge in [0.15, 0.2) is 17.3 Å². The van der Waals surface area contributed by atoms with Crippen molar-refractivity contribution < 1.29 is 19.1 Å². The number of ketones is 1. The summed E-state index contributed by atoms with van der Waals surface area (Å²) in [6.07, 6.45) is 1.32. The van der Waals surface area contributed by atoms with Crippen LogP contribution in [0.15, 0.2) is 18.2 Å². The molecule has 0 unspecified atom stereocenters. The van der Waals surface area contributed by atoms with Gasteiger partial charge in [-0.05, 0) is 24.6 Å². The Morgan fingerprint density at radius 3 is 2.74 bits per heavy atom. The van der Waals surface area contributed by atoms with Crippen LogP contribution >= 0.6 is 0 Å². The van der Waals surface area contributed by atoms with Crippen molar-refractivity contribution in [1.82, 2.24) is 4.90 Å². The number of hydrogen-bond donors (Lipinski definition) is 0. The average molecular weight is 261 g/mol. The number of rotatable bonds is 1. The molecular formula is C14H15NO4. The van der Waals surface area contributed by atoms with Crippen LogP contribution in [-0.2, 0) is 4.79 Å². The van der Waals surface area contributed by atoms with Gasteiger partial charge in [0, 0.05) is 18.5 Å². The molecule has 0 saturated carbocycles. The van der Waals surface area contributed by atoms with Gasteiger partial charge in [-0.3, -0.25) is 9.59 Å². The fourth-order valence-electron chi connectivity index (χ4n) is 2.37. The normalized spacial score (nSPS) is 18.3. The molecule has 2 heterocycles. The Bertz CT molecular complexity index is 526. The molecule has 1 amide bonds. The topological polar surface area (TPSA) is 55.8 Å². The van der Waals surface area contributed by atoms with E-state index in [0.29, 0.717) is 43.2 Å². The molecule has 2 aliphatic heterocycles. The highest BCUT2D eigenvalue weighted by Crippen LogP contribution is 2.31. The molecule has 1 saturated heterocycles. The molecule has 0 aliphatic carbocycles. The molecule has 0 radical (unpaired) electrons. The zero-order valence-electron chi connectivity index (χ0n) is 10.6. The van der Waals surface area contributed by atoms with Crippen LogP contribution < -0.4 is 9.47 Å². The van der Waals surface area contributed by atoms with Crippen LogP contribution in [0.4, 0.5) is 0 Å². The third kappa shape index (κ3) is 2.41. The molecule has 19 heavy (non-hydrogen) atoms. The third-order valence-electron chi connectivity index (χ3n) is 3.33. The van der Waals surface area contributed by atoms with Gasteiger partial charge in [0.2, 0.25) is 0 Å². The zero-order valence-corrected chi connectivity index (χ0v) is 10.6. The smallest absolute Gasteiger partial charge is 0.254 e. The third-order valence-corrected chi connectivity index (χ3v) is 3.33. The molecule has 100 valence electrons. The maximum Gasteiger partial charge on any atom is 0.254 e. The summed E-state index contributed by atoms with van der Waals surface area (Å²) in [7, 11) is 0. The second kappa shape index (κ2) is 4.91. The first-order valence-electron chi connectivity index (χ1n) is 6.45. The fourth-order valence-corrected chi connectivity index (χ4v) is 2.37. The second-order valence-corrected chi connectivity index (χ2v) is 4.73. The highest BCUT2D eigenvalue weighted by Gasteiger charge is 2.24. The summed E-state index contributed by atoms with van der Waals surface area (Å²) in [5.74, 6) is 1.26. The van der Waals surface area contributed by atoms with E-state index in [-0.39, 0.29) is 18.2 Å². The van der Waals surface area contributed by atoms with Crippen LogP contribution in [0.5, 0.6) is 11.5 Å². The molecular weight excluding hydrogens is 246 g/mol. The number of benzene rings is 1. The quantitative estimate of drug-likeness (QED) is 0.763. The first-order valence-corrected chi connectivity index (χ1v) is 6.45. The van der Waals surface area contributed by atoms with Gasteiger partial charge < -0.3 is 14.4 Å². The lowest BCUT2D eigenvalue weighted by Gasteiger charge is -2.26. The van der Waals surface area contributed by atoms with E-state index in [0.717, 1.165) is 6.42 Å². The van der Waals surface area contributed by atoms with Gasteiger partial charge in [-0.15, -0.1) is 0 Å². The number of ether oxygens (including phenoxy) is 2. The Kier molecular flexibility index (Phi) is 3.11. The number of likely N-dealkylation sites (tertiary alicyclic amines) is 1. The Morgan fingerprint density at radius 2 is 1.95 bits per heavy atom. The number of amides is 1. The van der Waals surface area contributed by atoms with Gasteiger partial charge in [-0.2, -0.15) is 0 Å². The average Bonchev–Trinajstić information content (AvgIpc) is 2.46. The van der Waals surface area contributed by atoms with Gasteiger partial charge in [-0.25, -0.2) is 0 Å². The lowest BCUT2D eigenvalue weighted by Crippen LogP contribution is -2.40. The van der Waals surface area contributed by atoms with Crippen molar-refractivity contribution in [2.24, 2.45) is 0 Å². The number of Topliss-reactive ketones (excluding diaryl/α,β-unsaturated/α-hetero) is 1. The molecule has 5 nitrogen and oxygen atoms in total. The first-order chi connectivity index (χ1) is 9.24. The summed E-state index contributed by atoms with van der Waals surface area (Å²) >= 11 is 0. The van der Waals surface area contributed by atoms with E-state index in [2.05, 4.69) is 0 Å². The van der Waals surface area contributed by atoms with Crippen LogP contribution in [0.1, 0.15) is 23.2 Å². The van der Waals surface area contributed by atoms with E-state index in [1.165, 1.54) is 0 Å². The van der Waals surface area contributed by atoms with E-state index in [9.17, 15) is 9.59 Å². The minimum absolute atomic E-state index is 0.120. The number of nitrogens with zero attached hydrogens (tertiary/aromatic N) is 1. The summed E-state index contributed by atoms with van der Waals surface area (Å²) in [4.78, 5) is 25.3. The molecule has 5 heteroatoms. The van der Waals surface area contributed by atoms with Crippen LogP contribution in [0.25, 0.3) is 0 Å². The molecule has 0 aromatic heterocycles. The molecule has 0 atom stereocenters. The summed E-state index contributed by atoms with van der Waals surface area (Å²) in [6.45, 7) is 1.88. The van der Waals surface area contributed by atoms with E-state index in [4.69, 9.17) is 9.47 Å². The number of fused-ring (bicyclic) bond motifs is 1. The predicted molar refractivity (Wildman–Crippen MR) is 67.6 cm³/mol. The predicted octanol–water partition coefficient (Wildman–Crippen LogP) is 1.26. The largest absolute Gasteiger partial charge is 0.486 e. The maximum atomic E-state index is 12.3. The Labute approximate surface area is 111 Å². The van der Waals surface area contributed by atoms with Gasteiger partial charge >= 0.3 is 0 Å². The summed E-state index contributed by atoms with van der Waals surface area (Å²) in [5, 5.41) is 0. The molecule has 1 fully saturated rings. The van der Waals surface area contributed by atoms with Crippen LogP contribution in [0.2, 0.25) is 0 Å². The minimum Gasteiger partial charge on any atom is -0.486 e. The van der Waals surface area contributed by atoms with Crippen molar-refractivity contribution in [2.45, 2.75) is 12.8 Å². The summed E-state index contributed by atoms with van der Waals surface area (Å²) in [5.41, 5.74) is 0.541. The molecule has 2 aliphatic rings. The molecule has 0 bridgehead atoms. The van der Waals surface area contributed by atoms with Crippen molar-refractivity contribution in [3.63, 3.8) is 0 Å². The van der Waals surface area contributed by atoms with E-state index >= 15 is 0 Å². The van der Waals surface area contributed by atoms with Gasteiger partial charge in [-0.1, -0.05) is 0 Å². The maximum absolute atomic E-state index is 12.3. The standard InChI is InChI=1S/C14H15NO4/c16-11-2-1-5-15(9-11)14(17)10-3-4-12-13(8-10)19-7-6-18-12/h3-4,8H,1-2,5-7,9H2. The number of piperidine rings is 1. The van der Waals surface area contributed by atoms with Crippen LogP contribution in [0.3, 0.4) is 0 Å². The van der Waals surface area contributed by atoms with Crippen LogP contribution in [0, 0.1) is 0 Å². The Balaban J connectivity index is 1.81. The van der Waals surface area contributed by atoms with Crippen molar-refractivity contribution in [3.8, 4) is 11.5 Å². The molecule has 0 N–H and O–H groups in total. The number of carbonyl (C=O) groups excluding carboxylic acids is 2. The minimum atomic E-state index is -0.120. The highest BCUT2D eigenvalue weighted by atomic mass is 16.6. The molecule has 1 aromatic rings. The molecule has 1 aromatic carbocycles. The van der Waals surface area contributed by atoms with E-state index in [1.54, 1.807) is 23.1 Å². The highest BCUT2D eigenvalue weighted by molar-refractivity contribution is 5.97. The molecule has 3 rings (SSSR count). The summed E-state index contributed by atoms with van der Waals surface area (Å²) in [6, 6.07) is 5.15. The number of hydrogen-bond acceptors (Lipinski definition) is 4. The molecule has 0 spiro atoms. The van der Waals surface area contributed by atoms with Crippen molar-refractivity contribution in [1.29, 1.82) is 0 Å². The van der Waals surface area contributed by atoms with Crippen molar-refractivity contribution >= 4 is 11.7 Å². The fraction of sp³-hybridized carbons (Fsp3) is 0.429. The van der Waals surface area contributed by atoms with Gasteiger partial charge in [0.1, 0.15) is 13.2 Å². The van der Waals surface area contributed by atoms with E-state index < -0.39 is 0 Å². The van der Waals surface area contributed by atoms with Crippen molar-refractivity contribution in [3.05, 3.63) is 23.8 Å². The Hall–Kier alpha value is -2.04. The lowest BCUT2D eigenvalue weighted by molar-refractivity contribution is -0.121. The van der Waals surface area contributed by atoms with Gasteiger partial charge in [0.05, 0.1) is 6.54 Å². The monoisotopic (exact) mass is 261 g/mol. The first kappa shape index (κ1) is 12.0. The lowest BCUT2D eigenvalue weighted by atomic mass is 10.1. The summed E-state index contributed by atoms with van der Waals surface area (Å²) < 4.78 is 10.9. The SMILES string of the molecule is O=C1CCCN(C(=O)c2ccc3c(c2)OCCO3)C1. The van der Waals surface area contributed by atoms with E-state index in [1.807, 2.05) is 0 Å². The Morgan fingerprint density at radius 1 is 1.16 bits per heavy atom. The second-order valence-electron chi connectivity index (χ2n) is 4.73. The van der Waals surface area contributed by atoms with Gasteiger partial charge in [0.25, 0.3) is 5.91 Å². The zero-order chi connectivity index (χ0) is 13.2. The van der Waals surface area contributed by atoms with Crippen molar-refractivity contribution in [2.75, 3.05) is 26.3 Å². The number of carbonyl (C=O) groups is 2.